The van der Waals surface area contributed by atoms with Crippen molar-refractivity contribution in [1.82, 2.24) is 9.62 Å². The van der Waals surface area contributed by atoms with Crippen LogP contribution < -0.4 is 9.46 Å². The highest BCUT2D eigenvalue weighted by Crippen LogP contribution is 2.41. The van der Waals surface area contributed by atoms with E-state index in [1.165, 1.54) is 5.56 Å². The number of fused-ring (bicyclic) bond motifs is 1. The van der Waals surface area contributed by atoms with Crippen LogP contribution in [0, 0.1) is 5.92 Å². The van der Waals surface area contributed by atoms with Crippen molar-refractivity contribution in [2.75, 3.05) is 7.05 Å². The molecule has 3 aromatic carbocycles. The van der Waals surface area contributed by atoms with Gasteiger partial charge >= 0.3 is 0 Å². The summed E-state index contributed by atoms with van der Waals surface area (Å²) in [5, 5.41) is 0. The number of hydrogen-bond acceptors (Lipinski definition) is 4. The van der Waals surface area contributed by atoms with Gasteiger partial charge in [0.15, 0.2) is 0 Å². The molecular formula is C36H44N2O4S. The molecule has 3 aromatic rings. The minimum Gasteiger partial charge on any atom is -0.487 e. The lowest BCUT2D eigenvalue weighted by Crippen LogP contribution is -2.42. The molecule has 0 radical (unpaired) electrons. The highest BCUT2D eigenvalue weighted by molar-refractivity contribution is 7.89. The Kier molecular flexibility index (Phi) is 9.42. The molecule has 1 N–H and O–H groups in total. The highest BCUT2D eigenvalue weighted by Gasteiger charge is 2.37. The van der Waals surface area contributed by atoms with E-state index in [0.717, 1.165) is 44.1 Å². The number of carbonyl (C=O) groups is 1. The third-order valence-corrected chi connectivity index (χ3v) is 10.3. The van der Waals surface area contributed by atoms with E-state index in [-0.39, 0.29) is 16.8 Å². The lowest BCUT2D eigenvalue weighted by molar-refractivity contribution is 0.0670. The first kappa shape index (κ1) is 31.0. The van der Waals surface area contributed by atoms with Crippen molar-refractivity contribution < 1.29 is 17.9 Å². The molecule has 1 heterocycles. The molecule has 0 aromatic heterocycles. The Hall–Kier alpha value is -3.42. The van der Waals surface area contributed by atoms with Crippen LogP contribution in [0.3, 0.4) is 0 Å². The van der Waals surface area contributed by atoms with Gasteiger partial charge in [0.2, 0.25) is 10.0 Å². The van der Waals surface area contributed by atoms with Gasteiger partial charge < -0.3 is 9.64 Å². The van der Waals surface area contributed by atoms with Gasteiger partial charge in [-0.05, 0) is 93.3 Å². The van der Waals surface area contributed by atoms with E-state index in [2.05, 4.69) is 41.1 Å². The summed E-state index contributed by atoms with van der Waals surface area (Å²) in [4.78, 5) is 15.9. The second kappa shape index (κ2) is 13.1. The Morgan fingerprint density at radius 3 is 2.49 bits per heavy atom. The van der Waals surface area contributed by atoms with Crippen LogP contribution in [0.2, 0.25) is 0 Å². The SMILES string of the molecule is CCc1ccc(S(=O)(=O)N[C@H]2CC(C)(C)Oc3ccc(C(=O)N(C)C4CCCC(/C=C/Cc5ccccc5)C4)cc32)cc1. The highest BCUT2D eigenvalue weighted by atomic mass is 32.2. The van der Waals surface area contributed by atoms with Gasteiger partial charge in [0.1, 0.15) is 11.4 Å². The molecule has 0 bridgehead atoms. The second-order valence-electron chi connectivity index (χ2n) is 12.6. The van der Waals surface area contributed by atoms with Crippen molar-refractivity contribution in [3.05, 3.63) is 107 Å². The van der Waals surface area contributed by atoms with Gasteiger partial charge in [0, 0.05) is 30.6 Å². The van der Waals surface area contributed by atoms with E-state index < -0.39 is 21.7 Å². The first-order valence-electron chi connectivity index (χ1n) is 15.5. The molecule has 1 fully saturated rings. The van der Waals surface area contributed by atoms with Gasteiger partial charge in [-0.15, -0.1) is 0 Å². The van der Waals surface area contributed by atoms with Gasteiger partial charge in [0.25, 0.3) is 5.91 Å². The summed E-state index contributed by atoms with van der Waals surface area (Å²) in [6.07, 6.45) is 10.9. The normalized spacial score (nSPS) is 21.6. The minimum absolute atomic E-state index is 0.0525. The number of ether oxygens (including phenoxy) is 1. The molecule has 0 spiro atoms. The molecule has 7 heteroatoms. The van der Waals surface area contributed by atoms with Crippen LogP contribution in [0.15, 0.2) is 89.8 Å². The number of benzene rings is 3. The largest absolute Gasteiger partial charge is 0.487 e. The smallest absolute Gasteiger partial charge is 0.253 e. The van der Waals surface area contributed by atoms with Crippen molar-refractivity contribution in [3.63, 3.8) is 0 Å². The fourth-order valence-electron chi connectivity index (χ4n) is 6.36. The maximum atomic E-state index is 13.8. The van der Waals surface area contributed by atoms with E-state index in [1.54, 1.807) is 18.2 Å². The van der Waals surface area contributed by atoms with E-state index >= 15 is 0 Å². The summed E-state index contributed by atoms with van der Waals surface area (Å²) < 4.78 is 36.0. The summed E-state index contributed by atoms with van der Waals surface area (Å²) in [6, 6.07) is 22.5. The monoisotopic (exact) mass is 600 g/mol. The molecule has 43 heavy (non-hydrogen) atoms. The van der Waals surface area contributed by atoms with Crippen LogP contribution >= 0.6 is 0 Å². The van der Waals surface area contributed by atoms with Crippen molar-refractivity contribution in [2.45, 2.75) is 88.3 Å². The number of nitrogens with zero attached hydrogens (tertiary/aromatic N) is 1. The Balaban J connectivity index is 1.31. The number of allylic oxidation sites excluding steroid dienone is 2. The predicted molar refractivity (Wildman–Crippen MR) is 172 cm³/mol. The van der Waals surface area contributed by atoms with Crippen molar-refractivity contribution in [1.29, 1.82) is 0 Å². The first-order chi connectivity index (χ1) is 20.5. The predicted octanol–water partition coefficient (Wildman–Crippen LogP) is 7.26. The number of carbonyl (C=O) groups excluding carboxylic acids is 1. The molecule has 2 aliphatic rings. The number of hydrogen-bond donors (Lipinski definition) is 1. The molecule has 0 saturated heterocycles. The summed E-state index contributed by atoms with van der Waals surface area (Å²) >= 11 is 0. The lowest BCUT2D eigenvalue weighted by Gasteiger charge is -2.38. The average Bonchev–Trinajstić information content (AvgIpc) is 3.00. The van der Waals surface area contributed by atoms with Gasteiger partial charge in [-0.2, -0.15) is 0 Å². The number of aryl methyl sites for hydroxylation is 1. The second-order valence-corrected chi connectivity index (χ2v) is 14.3. The van der Waals surface area contributed by atoms with Crippen LogP contribution in [0.4, 0.5) is 0 Å². The number of rotatable bonds is 9. The number of sulfonamides is 1. The van der Waals surface area contributed by atoms with E-state index in [1.807, 2.05) is 63.1 Å². The van der Waals surface area contributed by atoms with Crippen LogP contribution in [-0.4, -0.2) is 37.9 Å². The Labute approximate surface area is 257 Å². The van der Waals surface area contributed by atoms with E-state index in [4.69, 9.17) is 4.74 Å². The van der Waals surface area contributed by atoms with E-state index in [9.17, 15) is 13.2 Å². The zero-order chi connectivity index (χ0) is 30.6. The number of nitrogens with one attached hydrogen (secondary N) is 1. The maximum absolute atomic E-state index is 13.8. The molecule has 6 nitrogen and oxygen atoms in total. The fourth-order valence-corrected chi connectivity index (χ4v) is 7.58. The van der Waals surface area contributed by atoms with Crippen LogP contribution in [0.25, 0.3) is 0 Å². The third kappa shape index (κ3) is 7.57. The van der Waals surface area contributed by atoms with Gasteiger partial charge in [-0.25, -0.2) is 13.1 Å². The maximum Gasteiger partial charge on any atom is 0.253 e. The summed E-state index contributed by atoms with van der Waals surface area (Å²) in [5.74, 6) is 0.996. The molecular weight excluding hydrogens is 556 g/mol. The molecule has 1 saturated carbocycles. The lowest BCUT2D eigenvalue weighted by atomic mass is 9.84. The van der Waals surface area contributed by atoms with E-state index in [0.29, 0.717) is 29.2 Å². The van der Waals surface area contributed by atoms with Crippen LogP contribution in [-0.2, 0) is 22.9 Å². The van der Waals surface area contributed by atoms with Crippen molar-refractivity contribution >= 4 is 15.9 Å². The van der Waals surface area contributed by atoms with Crippen molar-refractivity contribution in [3.8, 4) is 5.75 Å². The topological polar surface area (TPSA) is 75.7 Å². The zero-order valence-electron chi connectivity index (χ0n) is 25.8. The molecule has 228 valence electrons. The van der Waals surface area contributed by atoms with Crippen LogP contribution in [0.1, 0.15) is 86.0 Å². The molecule has 1 aliphatic carbocycles. The summed E-state index contributed by atoms with van der Waals surface area (Å²) in [5.41, 5.74) is 3.05. The molecule has 3 atom stereocenters. The van der Waals surface area contributed by atoms with Crippen molar-refractivity contribution in [2.24, 2.45) is 5.92 Å². The van der Waals surface area contributed by atoms with Crippen LogP contribution in [0.5, 0.6) is 5.75 Å². The first-order valence-corrected chi connectivity index (χ1v) is 16.9. The quantitative estimate of drug-likeness (QED) is 0.262. The zero-order valence-corrected chi connectivity index (χ0v) is 26.6. The molecule has 1 amide bonds. The summed E-state index contributed by atoms with van der Waals surface area (Å²) in [6.45, 7) is 5.94. The molecule has 1 aliphatic heterocycles. The third-order valence-electron chi connectivity index (χ3n) is 8.81. The summed E-state index contributed by atoms with van der Waals surface area (Å²) in [7, 11) is -1.89. The minimum atomic E-state index is -3.78. The Morgan fingerprint density at radius 2 is 1.77 bits per heavy atom. The number of amides is 1. The Bertz CT molecular complexity index is 1550. The molecule has 2 unspecified atom stereocenters. The average molecular weight is 601 g/mol. The van der Waals surface area contributed by atoms with Gasteiger partial charge in [-0.3, -0.25) is 4.79 Å². The van der Waals surface area contributed by atoms with Gasteiger partial charge in [-0.1, -0.05) is 68.0 Å². The van der Waals surface area contributed by atoms with Gasteiger partial charge in [0.05, 0.1) is 10.9 Å². The molecule has 5 rings (SSSR count). The standard InChI is InChI=1S/C36H44N2O4S/c1-5-26-17-20-31(21-18-26)43(40,41)37-33-25-36(2,3)42-34-22-19-29(24-32(33)34)35(39)38(4)30-16-10-15-28(23-30)14-9-13-27-11-7-6-8-12-27/h6-9,11-12,14,17-22,24,28,30,33,37H,5,10,13,15-16,23,25H2,1-4H3/b14-9+/t28?,30?,33-/m0/s1. The Morgan fingerprint density at radius 1 is 1.02 bits per heavy atom. The fraction of sp³-hybridized carbons (Fsp3) is 0.417.